The molecule has 1 unspecified atom stereocenters. The molecule has 0 radical (unpaired) electrons. The molecule has 0 saturated heterocycles. The zero-order chi connectivity index (χ0) is 13.2. The lowest BCUT2D eigenvalue weighted by Crippen LogP contribution is -2.40. The number of nitrogens with zero attached hydrogens (tertiary/aromatic N) is 2. The Morgan fingerprint density at radius 3 is 2.50 bits per heavy atom. The van der Waals surface area contributed by atoms with Crippen LogP contribution in [0.5, 0.6) is 0 Å². The van der Waals surface area contributed by atoms with Gasteiger partial charge in [0.25, 0.3) is 0 Å². The molecule has 6 heteroatoms. The molecule has 0 aliphatic carbocycles. The fraction of sp³-hybridized carbons (Fsp3) is 0.250. The lowest BCUT2D eigenvalue weighted by atomic mass is 9.92. The topological polar surface area (TPSA) is 75.1 Å². The molecule has 94 valence electrons. The summed E-state index contributed by atoms with van der Waals surface area (Å²) in [6, 6.07) is 9.01. The van der Waals surface area contributed by atoms with Crippen LogP contribution in [0.15, 0.2) is 30.3 Å². The van der Waals surface area contributed by atoms with Crippen molar-refractivity contribution in [2.24, 2.45) is 0 Å². The molecule has 1 aromatic carbocycles. The van der Waals surface area contributed by atoms with Crippen LogP contribution in [0.4, 0.5) is 5.13 Å². The molecule has 0 fully saturated rings. The van der Waals surface area contributed by atoms with E-state index in [1.54, 1.807) is 19.1 Å². The SMILES string of the molecule is Cc1nnc(NC(C)(C(=O)O)c2ccccc2)s1. The van der Waals surface area contributed by atoms with E-state index >= 15 is 0 Å². The molecule has 0 saturated carbocycles. The van der Waals surface area contributed by atoms with E-state index in [0.717, 1.165) is 5.01 Å². The second kappa shape index (κ2) is 4.73. The predicted molar refractivity (Wildman–Crippen MR) is 69.7 cm³/mol. The summed E-state index contributed by atoms with van der Waals surface area (Å²) >= 11 is 1.33. The molecule has 2 N–H and O–H groups in total. The first-order valence-electron chi connectivity index (χ1n) is 5.39. The number of aromatic nitrogens is 2. The van der Waals surface area contributed by atoms with Crippen LogP contribution in [0.1, 0.15) is 17.5 Å². The van der Waals surface area contributed by atoms with Crippen molar-refractivity contribution < 1.29 is 9.90 Å². The summed E-state index contributed by atoms with van der Waals surface area (Å²) in [5, 5.41) is 21.4. The molecule has 0 aliphatic rings. The number of hydrogen-bond acceptors (Lipinski definition) is 5. The van der Waals surface area contributed by atoms with E-state index in [2.05, 4.69) is 15.5 Å². The smallest absolute Gasteiger partial charge is 0.333 e. The Hall–Kier alpha value is -1.95. The van der Waals surface area contributed by atoms with Crippen LogP contribution in [0, 0.1) is 6.92 Å². The summed E-state index contributed by atoms with van der Waals surface area (Å²) in [6.45, 7) is 3.44. The highest BCUT2D eigenvalue weighted by Crippen LogP contribution is 2.27. The van der Waals surface area contributed by atoms with Crippen LogP contribution in [-0.2, 0) is 10.3 Å². The molecule has 2 aromatic rings. The Morgan fingerprint density at radius 2 is 2.00 bits per heavy atom. The number of aliphatic carboxylic acids is 1. The number of carboxylic acids is 1. The Morgan fingerprint density at radius 1 is 1.33 bits per heavy atom. The van der Waals surface area contributed by atoms with E-state index in [4.69, 9.17) is 0 Å². The zero-order valence-electron chi connectivity index (χ0n) is 10.0. The monoisotopic (exact) mass is 263 g/mol. The Bertz CT molecular complexity index is 555. The number of anilines is 1. The highest BCUT2D eigenvalue weighted by atomic mass is 32.1. The molecule has 0 bridgehead atoms. The largest absolute Gasteiger partial charge is 0.479 e. The molecular weight excluding hydrogens is 250 g/mol. The second-order valence-electron chi connectivity index (χ2n) is 4.05. The Labute approximate surface area is 109 Å². The van der Waals surface area contributed by atoms with Gasteiger partial charge < -0.3 is 10.4 Å². The third-order valence-electron chi connectivity index (χ3n) is 2.66. The zero-order valence-corrected chi connectivity index (χ0v) is 10.9. The maximum absolute atomic E-state index is 11.5. The standard InChI is InChI=1S/C12H13N3O2S/c1-8-14-15-11(18-8)13-12(2,10(16)17)9-6-4-3-5-7-9/h3-7H,1-2H3,(H,13,15)(H,16,17). The van der Waals surface area contributed by atoms with Crippen molar-refractivity contribution in [3.05, 3.63) is 40.9 Å². The van der Waals surface area contributed by atoms with E-state index in [-0.39, 0.29) is 0 Å². The highest BCUT2D eigenvalue weighted by molar-refractivity contribution is 7.15. The first kappa shape index (κ1) is 12.5. The number of carbonyl (C=O) groups is 1. The normalized spacial score (nSPS) is 13.9. The van der Waals surface area contributed by atoms with Gasteiger partial charge in [-0.25, -0.2) is 4.79 Å². The lowest BCUT2D eigenvalue weighted by molar-refractivity contribution is -0.142. The van der Waals surface area contributed by atoms with Gasteiger partial charge in [0.2, 0.25) is 5.13 Å². The average Bonchev–Trinajstić information content (AvgIpc) is 2.75. The number of aryl methyl sites for hydroxylation is 1. The minimum atomic E-state index is -1.22. The van der Waals surface area contributed by atoms with Gasteiger partial charge in [-0.3, -0.25) is 0 Å². The Kier molecular flexibility index (Phi) is 3.29. The van der Waals surface area contributed by atoms with Gasteiger partial charge in [0.05, 0.1) is 0 Å². The number of nitrogens with one attached hydrogen (secondary N) is 1. The fourth-order valence-electron chi connectivity index (χ4n) is 1.58. The molecule has 1 aromatic heterocycles. The summed E-state index contributed by atoms with van der Waals surface area (Å²) in [4.78, 5) is 11.5. The third kappa shape index (κ3) is 2.33. The van der Waals surface area contributed by atoms with Crippen LogP contribution >= 0.6 is 11.3 Å². The minimum absolute atomic E-state index is 0.501. The molecule has 0 aliphatic heterocycles. The molecule has 0 spiro atoms. The van der Waals surface area contributed by atoms with Crippen molar-refractivity contribution in [3.8, 4) is 0 Å². The molecule has 5 nitrogen and oxygen atoms in total. The van der Waals surface area contributed by atoms with Gasteiger partial charge in [-0.05, 0) is 19.4 Å². The van der Waals surface area contributed by atoms with Crippen LogP contribution < -0.4 is 5.32 Å². The average molecular weight is 263 g/mol. The number of rotatable bonds is 4. The Balaban J connectivity index is 2.36. The van der Waals surface area contributed by atoms with Gasteiger partial charge in [0.1, 0.15) is 5.01 Å². The van der Waals surface area contributed by atoms with Crippen molar-refractivity contribution in [3.63, 3.8) is 0 Å². The maximum Gasteiger partial charge on any atom is 0.333 e. The van der Waals surface area contributed by atoms with E-state index in [1.165, 1.54) is 11.3 Å². The molecule has 1 heterocycles. The van der Waals surface area contributed by atoms with Crippen LogP contribution in [0.2, 0.25) is 0 Å². The minimum Gasteiger partial charge on any atom is -0.479 e. The van der Waals surface area contributed by atoms with Gasteiger partial charge >= 0.3 is 5.97 Å². The molecular formula is C12H13N3O2S. The number of hydrogen-bond donors (Lipinski definition) is 2. The quantitative estimate of drug-likeness (QED) is 0.885. The molecule has 0 amide bonds. The van der Waals surface area contributed by atoms with E-state index in [9.17, 15) is 9.90 Å². The van der Waals surface area contributed by atoms with Crippen LogP contribution in [-0.4, -0.2) is 21.3 Å². The summed E-state index contributed by atoms with van der Waals surface area (Å²) in [5.41, 5.74) is -0.543. The van der Waals surface area contributed by atoms with E-state index < -0.39 is 11.5 Å². The van der Waals surface area contributed by atoms with Crippen LogP contribution in [0.3, 0.4) is 0 Å². The maximum atomic E-state index is 11.5. The summed E-state index contributed by atoms with van der Waals surface area (Å²) in [5.74, 6) is -0.957. The second-order valence-corrected chi connectivity index (χ2v) is 5.23. The molecule has 1 atom stereocenters. The predicted octanol–water partition coefficient (Wildman–Crippen LogP) is 2.26. The van der Waals surface area contributed by atoms with Crippen molar-refractivity contribution in [2.75, 3.05) is 5.32 Å². The van der Waals surface area contributed by atoms with Gasteiger partial charge in [-0.2, -0.15) is 0 Å². The summed E-state index contributed by atoms with van der Waals surface area (Å²) in [6.07, 6.45) is 0. The van der Waals surface area contributed by atoms with E-state index in [0.29, 0.717) is 10.7 Å². The van der Waals surface area contributed by atoms with Crippen molar-refractivity contribution in [2.45, 2.75) is 19.4 Å². The number of benzene rings is 1. The molecule has 2 rings (SSSR count). The van der Waals surface area contributed by atoms with Gasteiger partial charge in [-0.1, -0.05) is 41.7 Å². The summed E-state index contributed by atoms with van der Waals surface area (Å²) < 4.78 is 0. The van der Waals surface area contributed by atoms with Crippen molar-refractivity contribution >= 4 is 22.4 Å². The van der Waals surface area contributed by atoms with Gasteiger partial charge in [0, 0.05) is 0 Å². The number of carboxylic acid groups (broad SMARTS) is 1. The van der Waals surface area contributed by atoms with E-state index in [1.807, 2.05) is 25.1 Å². The fourth-order valence-corrected chi connectivity index (χ4v) is 2.28. The van der Waals surface area contributed by atoms with Gasteiger partial charge in [0.15, 0.2) is 5.54 Å². The van der Waals surface area contributed by atoms with Gasteiger partial charge in [-0.15, -0.1) is 10.2 Å². The highest BCUT2D eigenvalue weighted by Gasteiger charge is 2.35. The van der Waals surface area contributed by atoms with Crippen molar-refractivity contribution in [1.82, 2.24) is 10.2 Å². The molecule has 18 heavy (non-hydrogen) atoms. The van der Waals surface area contributed by atoms with Crippen LogP contribution in [0.25, 0.3) is 0 Å². The first-order chi connectivity index (χ1) is 8.52. The third-order valence-corrected chi connectivity index (χ3v) is 3.42. The first-order valence-corrected chi connectivity index (χ1v) is 6.21. The summed E-state index contributed by atoms with van der Waals surface area (Å²) in [7, 11) is 0. The lowest BCUT2D eigenvalue weighted by Gasteiger charge is -2.26. The van der Waals surface area contributed by atoms with Crippen molar-refractivity contribution in [1.29, 1.82) is 0 Å².